The number of nitrogens with zero attached hydrogens (tertiary/aromatic N) is 2. The molecule has 0 saturated carbocycles. The first-order valence-corrected chi connectivity index (χ1v) is 23.5. The zero-order valence-corrected chi connectivity index (χ0v) is 35.4. The lowest BCUT2D eigenvalue weighted by Crippen LogP contribution is -2.18. The van der Waals surface area contributed by atoms with Crippen molar-refractivity contribution in [1.29, 1.82) is 0 Å². The number of nitrogen functional groups attached to an aromatic ring is 1. The SMILES string of the molecule is Cc1cc(-c2cc(CS(C)(=O)=O)ccc2CC2CCOCC2)n2cc[nH]c(=O)c12.Cc1cc(-c2cc(CS(C)(=O)=O)ccc2N)n2cc[nH]c(=O)c12.O=C1CCOCC1. The van der Waals surface area contributed by atoms with Gasteiger partial charge in [-0.2, -0.15) is 0 Å². The summed E-state index contributed by atoms with van der Waals surface area (Å²) in [7, 11) is -6.27. The number of nitrogens with one attached hydrogen (secondary N) is 2. The van der Waals surface area contributed by atoms with Crippen LogP contribution in [0.15, 0.2) is 82.9 Å². The van der Waals surface area contributed by atoms with E-state index in [1.807, 2.05) is 54.8 Å². The van der Waals surface area contributed by atoms with Gasteiger partial charge >= 0.3 is 0 Å². The molecule has 0 atom stereocenters. The summed E-state index contributed by atoms with van der Waals surface area (Å²) in [6.45, 7) is 6.62. The summed E-state index contributed by atoms with van der Waals surface area (Å²) in [4.78, 5) is 40.1. The first-order chi connectivity index (χ1) is 28.0. The second kappa shape index (κ2) is 18.3. The number of aromatic amines is 2. The van der Waals surface area contributed by atoms with Gasteiger partial charge in [-0.05, 0) is 97.2 Å². The third-order valence-electron chi connectivity index (χ3n) is 10.4. The Labute approximate surface area is 343 Å². The number of ketones is 1. The number of nitrogens with two attached hydrogens (primary N) is 1. The number of carbonyl (C=O) groups excluding carboxylic acids is 1. The highest BCUT2D eigenvalue weighted by Gasteiger charge is 2.20. The molecule has 6 aromatic rings. The van der Waals surface area contributed by atoms with Crippen LogP contribution in [0, 0.1) is 19.8 Å². The van der Waals surface area contributed by atoms with E-state index >= 15 is 0 Å². The number of Topliss-reactive ketones (excluding diaryl/α,β-unsaturated/α-hetero) is 1. The normalized spacial score (nSPS) is 15.1. The van der Waals surface area contributed by atoms with Crippen LogP contribution in [0.5, 0.6) is 0 Å². The Hall–Kier alpha value is -5.29. The number of aromatic nitrogens is 4. The van der Waals surface area contributed by atoms with Gasteiger partial charge in [0.05, 0.1) is 36.1 Å². The lowest BCUT2D eigenvalue weighted by Gasteiger charge is -2.23. The second-order valence-electron chi connectivity index (χ2n) is 15.4. The van der Waals surface area contributed by atoms with E-state index < -0.39 is 19.7 Å². The zero-order valence-electron chi connectivity index (χ0n) is 33.7. The monoisotopic (exact) mass is 845 g/mol. The van der Waals surface area contributed by atoms with Crippen molar-refractivity contribution >= 4 is 42.2 Å². The first-order valence-electron chi connectivity index (χ1n) is 19.4. The van der Waals surface area contributed by atoms with Crippen LogP contribution in [0.1, 0.15) is 53.5 Å². The van der Waals surface area contributed by atoms with Gasteiger partial charge in [0.25, 0.3) is 11.1 Å². The molecule has 0 bridgehead atoms. The predicted octanol–water partition coefficient (Wildman–Crippen LogP) is 5.21. The van der Waals surface area contributed by atoms with Crippen molar-refractivity contribution in [2.45, 2.75) is 57.5 Å². The van der Waals surface area contributed by atoms with Crippen molar-refractivity contribution in [3.63, 3.8) is 0 Å². The van der Waals surface area contributed by atoms with Crippen molar-refractivity contribution in [1.82, 2.24) is 18.8 Å². The molecule has 0 amide bonds. The van der Waals surface area contributed by atoms with Crippen molar-refractivity contribution in [3.05, 3.63) is 122 Å². The van der Waals surface area contributed by atoms with Crippen LogP contribution in [-0.4, -0.2) is 80.3 Å². The molecule has 0 aliphatic carbocycles. The van der Waals surface area contributed by atoms with E-state index in [1.165, 1.54) is 18.1 Å². The highest BCUT2D eigenvalue weighted by atomic mass is 32.2. The molecule has 59 heavy (non-hydrogen) atoms. The lowest BCUT2D eigenvalue weighted by molar-refractivity contribution is -0.124. The summed E-state index contributed by atoms with van der Waals surface area (Å²) in [5.74, 6) is 0.828. The Morgan fingerprint density at radius 3 is 1.64 bits per heavy atom. The summed E-state index contributed by atoms with van der Waals surface area (Å²) in [6, 6.07) is 15.0. The molecular weight excluding hydrogens is 795 g/mol. The topological polar surface area (TPSA) is 204 Å². The molecule has 4 aromatic heterocycles. The first kappa shape index (κ1) is 43.3. The summed E-state index contributed by atoms with van der Waals surface area (Å²) < 4.78 is 60.8. The molecule has 0 spiro atoms. The van der Waals surface area contributed by atoms with Gasteiger partial charge in [-0.3, -0.25) is 14.4 Å². The second-order valence-corrected chi connectivity index (χ2v) is 19.7. The van der Waals surface area contributed by atoms with E-state index in [2.05, 4.69) is 9.97 Å². The van der Waals surface area contributed by atoms with Crippen LogP contribution in [0.2, 0.25) is 0 Å². The molecule has 2 aliphatic rings. The maximum Gasteiger partial charge on any atom is 0.272 e. The van der Waals surface area contributed by atoms with E-state index in [0.717, 1.165) is 66.1 Å². The van der Waals surface area contributed by atoms with Gasteiger partial charge in [-0.1, -0.05) is 18.2 Å². The molecule has 16 heteroatoms. The predicted molar refractivity (Wildman–Crippen MR) is 230 cm³/mol. The van der Waals surface area contributed by atoms with E-state index in [9.17, 15) is 31.2 Å². The lowest BCUT2D eigenvalue weighted by atomic mass is 9.89. The van der Waals surface area contributed by atoms with Crippen LogP contribution >= 0.6 is 0 Å². The van der Waals surface area contributed by atoms with Gasteiger partial charge < -0.3 is 34.0 Å². The third kappa shape index (κ3) is 11.1. The molecule has 314 valence electrons. The Morgan fingerprint density at radius 2 is 1.15 bits per heavy atom. The fourth-order valence-electron chi connectivity index (χ4n) is 7.63. The largest absolute Gasteiger partial charge is 0.398 e. The number of benzene rings is 2. The molecule has 2 aliphatic heterocycles. The standard InChI is InChI=1S/C22H26N2O4S.C16H17N3O3S.C5H8O2/c1-15-11-20(24-8-7-23-22(25)21(15)24)19-13-17(14-29(2,26)27)3-4-18(19)12-16-5-9-28-10-6-16;1-10-7-14(19-6-5-18-16(20)15(10)19)12-8-11(3-4-13(12)17)9-23(2,21)22;6-5-1-3-7-4-2-5/h3-4,7-8,11,13,16H,5-6,9-10,12,14H2,1-2H3,(H,23,25);3-8H,9,17H2,1-2H3,(H,18,20);1-4H2. The van der Waals surface area contributed by atoms with E-state index in [-0.39, 0.29) is 22.6 Å². The Morgan fingerprint density at radius 1 is 0.678 bits per heavy atom. The molecule has 0 unspecified atom stereocenters. The van der Waals surface area contributed by atoms with Crippen molar-refractivity contribution in [2.24, 2.45) is 5.92 Å². The summed E-state index contributed by atoms with van der Waals surface area (Å²) in [5, 5.41) is 0. The number of rotatable bonds is 8. The molecule has 6 heterocycles. The van der Waals surface area contributed by atoms with E-state index in [4.69, 9.17) is 15.2 Å². The number of ether oxygens (including phenoxy) is 2. The van der Waals surface area contributed by atoms with Gasteiger partial charge in [0.1, 0.15) is 16.8 Å². The average molecular weight is 846 g/mol. The summed E-state index contributed by atoms with van der Waals surface area (Å²) >= 11 is 0. The number of fused-ring (bicyclic) bond motifs is 2. The maximum atomic E-state index is 12.3. The minimum absolute atomic E-state index is 0.000418. The minimum Gasteiger partial charge on any atom is -0.398 e. The molecule has 4 N–H and O–H groups in total. The van der Waals surface area contributed by atoms with Gasteiger partial charge in [0, 0.05) is 80.2 Å². The third-order valence-corrected chi connectivity index (χ3v) is 12.1. The molecule has 2 aromatic carbocycles. The van der Waals surface area contributed by atoms with Gasteiger partial charge in [0.2, 0.25) is 0 Å². The Balaban J connectivity index is 0.000000173. The highest BCUT2D eigenvalue weighted by Crippen LogP contribution is 2.33. The quantitative estimate of drug-likeness (QED) is 0.171. The zero-order chi connectivity index (χ0) is 42.5. The van der Waals surface area contributed by atoms with E-state index in [1.54, 1.807) is 41.2 Å². The van der Waals surface area contributed by atoms with Crippen molar-refractivity contribution < 1.29 is 31.1 Å². The van der Waals surface area contributed by atoms with Crippen molar-refractivity contribution in [3.8, 4) is 22.5 Å². The fraction of sp³-hybridized carbons (Fsp3) is 0.372. The maximum absolute atomic E-state index is 12.3. The smallest absolute Gasteiger partial charge is 0.272 e. The number of aryl methyl sites for hydroxylation is 2. The van der Waals surface area contributed by atoms with Crippen LogP contribution in [-0.2, 0) is 51.9 Å². The van der Waals surface area contributed by atoms with Crippen molar-refractivity contribution in [2.75, 3.05) is 44.7 Å². The number of sulfone groups is 2. The van der Waals surface area contributed by atoms with Gasteiger partial charge in [-0.15, -0.1) is 0 Å². The number of anilines is 1. The van der Waals surface area contributed by atoms with Crippen LogP contribution in [0.4, 0.5) is 5.69 Å². The Kier molecular flexibility index (Phi) is 13.4. The number of hydrogen-bond acceptors (Lipinski definition) is 10. The summed E-state index contributed by atoms with van der Waals surface area (Å²) in [5.41, 5.74) is 15.2. The Bertz CT molecular complexity index is 2820. The molecular formula is C43H51N5O9S2. The average Bonchev–Trinajstić information content (AvgIpc) is 3.70. The number of carbonyl (C=O) groups is 1. The molecule has 2 fully saturated rings. The summed E-state index contributed by atoms with van der Waals surface area (Å²) in [6.07, 6.45) is 13.5. The van der Waals surface area contributed by atoms with Crippen LogP contribution < -0.4 is 16.9 Å². The van der Waals surface area contributed by atoms with Crippen LogP contribution in [0.25, 0.3) is 33.5 Å². The number of H-pyrrole nitrogens is 2. The number of hydrogen-bond donors (Lipinski definition) is 3. The van der Waals surface area contributed by atoms with Crippen LogP contribution in [0.3, 0.4) is 0 Å². The molecule has 14 nitrogen and oxygen atoms in total. The highest BCUT2D eigenvalue weighted by molar-refractivity contribution is 7.90. The van der Waals surface area contributed by atoms with Gasteiger partial charge in [-0.25, -0.2) is 16.8 Å². The minimum atomic E-state index is -3.14. The molecule has 8 rings (SSSR count). The van der Waals surface area contributed by atoms with E-state index in [0.29, 0.717) is 65.6 Å². The van der Waals surface area contributed by atoms with Gasteiger partial charge in [0.15, 0.2) is 19.7 Å². The molecule has 0 radical (unpaired) electrons. The fourth-order valence-corrected chi connectivity index (χ4v) is 9.20. The molecule has 2 saturated heterocycles.